The Kier molecular flexibility index (Phi) is 5.77. The average Bonchev–Trinajstić information content (AvgIpc) is 3.34. The van der Waals surface area contributed by atoms with Crippen LogP contribution >= 0.6 is 11.3 Å². The van der Waals surface area contributed by atoms with Gasteiger partial charge >= 0.3 is 10.3 Å². The van der Waals surface area contributed by atoms with E-state index in [0.717, 1.165) is 22.3 Å². The number of nitrogens with zero attached hydrogens (tertiary/aromatic N) is 3. The first-order chi connectivity index (χ1) is 14.7. The van der Waals surface area contributed by atoms with E-state index in [1.807, 2.05) is 38.1 Å². The van der Waals surface area contributed by atoms with E-state index in [4.69, 9.17) is 9.29 Å². The van der Waals surface area contributed by atoms with E-state index < -0.39 is 16.3 Å². The second kappa shape index (κ2) is 8.36. The Hall–Kier alpha value is -2.84. The maximum absolute atomic E-state index is 11.2. The third-order valence-electron chi connectivity index (χ3n) is 4.93. The van der Waals surface area contributed by atoms with Crippen LogP contribution in [0.5, 0.6) is 5.75 Å². The average molecular weight is 457 g/mol. The molecular formula is C21H20N4O4S2. The number of hydrogen-bond acceptors (Lipinski definition) is 7. The highest BCUT2D eigenvalue weighted by atomic mass is 32.2. The van der Waals surface area contributed by atoms with Crippen LogP contribution in [0.1, 0.15) is 43.0 Å². The molecule has 1 heterocycles. The molecule has 0 aliphatic heterocycles. The quantitative estimate of drug-likeness (QED) is 0.539. The number of nitrogens with one attached hydrogen (secondary N) is 1. The van der Waals surface area contributed by atoms with Gasteiger partial charge < -0.3 is 4.74 Å². The number of aromatic nitrogens is 2. The highest BCUT2D eigenvalue weighted by molar-refractivity contribution is 7.83. The summed E-state index contributed by atoms with van der Waals surface area (Å²) in [4.78, 5) is 0. The molecule has 8 nitrogen and oxygen atoms in total. The van der Waals surface area contributed by atoms with Crippen LogP contribution in [0.15, 0.2) is 36.4 Å². The molecule has 0 amide bonds. The lowest BCUT2D eigenvalue weighted by molar-refractivity contribution is 0.242. The minimum absolute atomic E-state index is 0.0367. The molecular weight excluding hydrogens is 436 g/mol. The maximum Gasteiger partial charge on any atom is 0.333 e. The summed E-state index contributed by atoms with van der Waals surface area (Å²) in [5.41, 5.74) is 3.91. The Morgan fingerprint density at radius 1 is 1.26 bits per heavy atom. The molecule has 31 heavy (non-hydrogen) atoms. The Balaban J connectivity index is 1.66. The van der Waals surface area contributed by atoms with Crippen molar-refractivity contribution in [2.75, 3.05) is 0 Å². The molecule has 0 bridgehead atoms. The van der Waals surface area contributed by atoms with Crippen molar-refractivity contribution in [1.29, 1.82) is 5.26 Å². The van der Waals surface area contributed by atoms with Crippen LogP contribution in [0.4, 0.5) is 0 Å². The zero-order valence-electron chi connectivity index (χ0n) is 16.9. The van der Waals surface area contributed by atoms with Crippen molar-refractivity contribution in [2.45, 2.75) is 38.8 Å². The summed E-state index contributed by atoms with van der Waals surface area (Å²) >= 11 is 1.40. The Morgan fingerprint density at radius 3 is 2.74 bits per heavy atom. The lowest BCUT2D eigenvalue weighted by Crippen LogP contribution is -2.26. The Bertz CT molecular complexity index is 1280. The molecule has 1 aliphatic rings. The SMILES string of the molecule is CC(C)Oc1ccc(-c2nnc(-c3cccc4c3CC[C@@H]4NS(=O)(=O)O)s2)cc1C#N. The number of ether oxygens (including phenoxy) is 1. The molecule has 10 heteroatoms. The van der Waals surface area contributed by atoms with Crippen molar-refractivity contribution in [3.63, 3.8) is 0 Å². The van der Waals surface area contributed by atoms with Crippen LogP contribution in [-0.2, 0) is 16.7 Å². The van der Waals surface area contributed by atoms with E-state index in [-0.39, 0.29) is 6.10 Å². The highest BCUT2D eigenvalue weighted by Gasteiger charge is 2.28. The van der Waals surface area contributed by atoms with Crippen LogP contribution < -0.4 is 9.46 Å². The Morgan fingerprint density at radius 2 is 2.03 bits per heavy atom. The monoisotopic (exact) mass is 456 g/mol. The molecule has 0 saturated carbocycles. The summed E-state index contributed by atoms with van der Waals surface area (Å²) in [6, 6.07) is 12.7. The largest absolute Gasteiger partial charge is 0.490 e. The zero-order valence-corrected chi connectivity index (χ0v) is 18.5. The first-order valence-corrected chi connectivity index (χ1v) is 11.9. The number of fused-ring (bicyclic) bond motifs is 1. The minimum atomic E-state index is -4.29. The lowest BCUT2D eigenvalue weighted by Gasteiger charge is -2.12. The number of hydrogen-bond donors (Lipinski definition) is 2. The molecule has 3 aromatic rings. The standard InChI is InChI=1S/C21H20N4O4S2/c1-12(2)29-19-9-6-13(10-14(19)11-22)20-23-24-21(30-20)17-5-3-4-16-15(17)7-8-18(16)25-31(26,27)28/h3-6,9-10,12,18,25H,7-8H2,1-2H3,(H,26,27,28)/t18-/m0/s1. The van der Waals surface area contributed by atoms with Crippen molar-refractivity contribution in [2.24, 2.45) is 0 Å². The normalized spacial score (nSPS) is 15.6. The third kappa shape index (κ3) is 4.60. The summed E-state index contributed by atoms with van der Waals surface area (Å²) in [6.07, 6.45) is 1.18. The summed E-state index contributed by atoms with van der Waals surface area (Å²) in [7, 11) is -4.29. The van der Waals surface area contributed by atoms with Crippen LogP contribution in [0.3, 0.4) is 0 Å². The van der Waals surface area contributed by atoms with Gasteiger partial charge in [0.1, 0.15) is 21.8 Å². The molecule has 1 aliphatic carbocycles. The van der Waals surface area contributed by atoms with E-state index in [1.54, 1.807) is 12.1 Å². The van der Waals surface area contributed by atoms with E-state index >= 15 is 0 Å². The van der Waals surface area contributed by atoms with Gasteiger partial charge in [-0.25, -0.2) is 0 Å². The molecule has 1 aromatic heterocycles. The molecule has 0 radical (unpaired) electrons. The van der Waals surface area contributed by atoms with Crippen molar-refractivity contribution in [1.82, 2.24) is 14.9 Å². The molecule has 0 spiro atoms. The van der Waals surface area contributed by atoms with Crippen LogP contribution in [-0.4, -0.2) is 29.3 Å². The summed E-state index contributed by atoms with van der Waals surface area (Å²) in [6.45, 7) is 3.81. The van der Waals surface area contributed by atoms with Crippen LogP contribution in [0.2, 0.25) is 0 Å². The van der Waals surface area contributed by atoms with Gasteiger partial charge in [0.15, 0.2) is 0 Å². The fraction of sp³-hybridized carbons (Fsp3) is 0.286. The third-order valence-corrected chi connectivity index (χ3v) is 6.51. The predicted octanol–water partition coefficient (Wildman–Crippen LogP) is 3.91. The van der Waals surface area contributed by atoms with Gasteiger partial charge in [0, 0.05) is 17.2 Å². The molecule has 0 saturated heterocycles. The summed E-state index contributed by atoms with van der Waals surface area (Å²) < 4.78 is 39.6. The lowest BCUT2D eigenvalue weighted by atomic mass is 10.0. The van der Waals surface area contributed by atoms with Crippen molar-refractivity contribution >= 4 is 21.6 Å². The first kappa shape index (κ1) is 21.4. The smallest absolute Gasteiger partial charge is 0.333 e. The van der Waals surface area contributed by atoms with E-state index in [9.17, 15) is 13.7 Å². The van der Waals surface area contributed by atoms with E-state index in [1.165, 1.54) is 11.3 Å². The molecule has 160 valence electrons. The highest BCUT2D eigenvalue weighted by Crippen LogP contribution is 2.40. The molecule has 2 aromatic carbocycles. The van der Waals surface area contributed by atoms with Gasteiger partial charge in [0.05, 0.1) is 11.7 Å². The van der Waals surface area contributed by atoms with Gasteiger partial charge in [0.2, 0.25) is 0 Å². The minimum Gasteiger partial charge on any atom is -0.490 e. The summed E-state index contributed by atoms with van der Waals surface area (Å²) in [5.74, 6) is 0.532. The van der Waals surface area contributed by atoms with Gasteiger partial charge in [-0.2, -0.15) is 18.4 Å². The van der Waals surface area contributed by atoms with Crippen molar-refractivity contribution in [3.8, 4) is 33.0 Å². The number of benzene rings is 2. The van der Waals surface area contributed by atoms with Gasteiger partial charge in [-0.05, 0) is 56.0 Å². The molecule has 2 N–H and O–H groups in total. The van der Waals surface area contributed by atoms with Crippen LogP contribution in [0.25, 0.3) is 21.1 Å². The topological polar surface area (TPSA) is 125 Å². The molecule has 0 unspecified atom stereocenters. The van der Waals surface area contributed by atoms with Crippen LogP contribution in [0, 0.1) is 11.3 Å². The van der Waals surface area contributed by atoms with Crippen molar-refractivity contribution < 1.29 is 17.7 Å². The second-order valence-corrected chi connectivity index (χ2v) is 9.62. The predicted molar refractivity (Wildman–Crippen MR) is 117 cm³/mol. The van der Waals surface area contributed by atoms with Gasteiger partial charge in [-0.15, -0.1) is 10.2 Å². The fourth-order valence-electron chi connectivity index (χ4n) is 3.71. The van der Waals surface area contributed by atoms with E-state index in [2.05, 4.69) is 21.0 Å². The molecule has 4 rings (SSSR count). The second-order valence-electron chi connectivity index (χ2n) is 7.46. The van der Waals surface area contributed by atoms with E-state index in [0.29, 0.717) is 34.2 Å². The molecule has 1 atom stereocenters. The first-order valence-electron chi connectivity index (χ1n) is 9.66. The molecule has 0 fully saturated rings. The zero-order chi connectivity index (χ0) is 22.2. The van der Waals surface area contributed by atoms with Crippen molar-refractivity contribution in [3.05, 3.63) is 53.1 Å². The van der Waals surface area contributed by atoms with Gasteiger partial charge in [0.25, 0.3) is 0 Å². The number of nitriles is 1. The van der Waals surface area contributed by atoms with Gasteiger partial charge in [-0.1, -0.05) is 29.5 Å². The Labute approximate surface area is 184 Å². The maximum atomic E-state index is 11.2. The number of rotatable bonds is 6. The summed E-state index contributed by atoms with van der Waals surface area (Å²) in [5, 5.41) is 19.5. The van der Waals surface area contributed by atoms with Gasteiger partial charge in [-0.3, -0.25) is 4.55 Å². The fourth-order valence-corrected chi connectivity index (χ4v) is 5.21.